The molecule has 3 heterocycles. The summed E-state index contributed by atoms with van der Waals surface area (Å²) < 4.78 is 3.81. The Morgan fingerprint density at radius 3 is 2.68 bits per heavy atom. The number of hydrogen-bond acceptors (Lipinski definition) is 5. The molecule has 1 aliphatic rings. The fraction of sp³-hybridized carbons (Fsp3) is 0.150. The van der Waals surface area contributed by atoms with Crippen molar-refractivity contribution in [2.24, 2.45) is 10.7 Å². The molecule has 0 amide bonds. The summed E-state index contributed by atoms with van der Waals surface area (Å²) in [6.45, 7) is 2.53. The molecule has 1 atom stereocenters. The Balaban J connectivity index is 1.64. The molecule has 2 aromatic carbocycles. The van der Waals surface area contributed by atoms with Gasteiger partial charge in [0.15, 0.2) is 12.1 Å². The number of para-hydroxylation sites is 2. The van der Waals surface area contributed by atoms with E-state index >= 15 is 0 Å². The van der Waals surface area contributed by atoms with Gasteiger partial charge in [-0.1, -0.05) is 54.1 Å². The summed E-state index contributed by atoms with van der Waals surface area (Å²) in [5.41, 5.74) is 10.6. The molecule has 8 heteroatoms. The second kappa shape index (κ2) is 6.38. The summed E-state index contributed by atoms with van der Waals surface area (Å²) in [6, 6.07) is 18.0. The van der Waals surface area contributed by atoms with Crippen molar-refractivity contribution in [2.75, 3.05) is 5.32 Å². The van der Waals surface area contributed by atoms with E-state index in [1.54, 1.807) is 4.68 Å². The zero-order valence-corrected chi connectivity index (χ0v) is 15.9. The van der Waals surface area contributed by atoms with Crippen molar-refractivity contribution in [3.63, 3.8) is 0 Å². The third-order valence-corrected chi connectivity index (χ3v) is 5.28. The average Bonchev–Trinajstić information content (AvgIpc) is 3.19. The van der Waals surface area contributed by atoms with E-state index in [1.165, 1.54) is 0 Å². The number of benzene rings is 2. The SMILES string of the molecule is Cc1nn(Cc2ccccc2)c(Cl)c1C1N=C(N)Nc2nc3ccccc3n21. The first-order valence-electron chi connectivity index (χ1n) is 8.96. The molecule has 5 rings (SSSR count). The van der Waals surface area contributed by atoms with Crippen LogP contribution in [-0.2, 0) is 6.54 Å². The number of aryl methyl sites for hydroxylation is 1. The molecule has 0 saturated heterocycles. The van der Waals surface area contributed by atoms with Crippen molar-refractivity contribution in [1.82, 2.24) is 19.3 Å². The molecule has 1 unspecified atom stereocenters. The number of rotatable bonds is 3. The zero-order valence-electron chi connectivity index (χ0n) is 15.2. The molecule has 28 heavy (non-hydrogen) atoms. The van der Waals surface area contributed by atoms with Crippen molar-refractivity contribution >= 4 is 34.5 Å². The van der Waals surface area contributed by atoms with Gasteiger partial charge in [-0.3, -0.25) is 9.88 Å². The molecule has 4 aromatic rings. The molecule has 1 aliphatic heterocycles. The van der Waals surface area contributed by atoms with Gasteiger partial charge in [0.2, 0.25) is 5.95 Å². The molecule has 2 aromatic heterocycles. The maximum absolute atomic E-state index is 6.78. The van der Waals surface area contributed by atoms with Crippen LogP contribution in [0.4, 0.5) is 5.95 Å². The number of anilines is 1. The van der Waals surface area contributed by atoms with Gasteiger partial charge in [0.05, 0.1) is 28.8 Å². The predicted octanol–water partition coefficient (Wildman–Crippen LogP) is 3.53. The van der Waals surface area contributed by atoms with Gasteiger partial charge >= 0.3 is 0 Å². The topological polar surface area (TPSA) is 86.1 Å². The number of aromatic nitrogens is 4. The molecule has 0 saturated carbocycles. The normalized spacial score (nSPS) is 15.9. The summed E-state index contributed by atoms with van der Waals surface area (Å²) >= 11 is 6.78. The number of fused-ring (bicyclic) bond motifs is 3. The fourth-order valence-electron chi connectivity index (χ4n) is 3.63. The van der Waals surface area contributed by atoms with E-state index in [4.69, 9.17) is 17.3 Å². The number of guanidine groups is 1. The molecule has 0 aliphatic carbocycles. The minimum atomic E-state index is -0.430. The van der Waals surface area contributed by atoms with E-state index in [0.717, 1.165) is 27.9 Å². The van der Waals surface area contributed by atoms with E-state index in [-0.39, 0.29) is 0 Å². The second-order valence-electron chi connectivity index (χ2n) is 6.74. The lowest BCUT2D eigenvalue weighted by Crippen LogP contribution is -2.31. The van der Waals surface area contributed by atoms with Crippen molar-refractivity contribution in [3.8, 4) is 0 Å². The van der Waals surface area contributed by atoms with Crippen LogP contribution in [0.15, 0.2) is 59.6 Å². The van der Waals surface area contributed by atoms with Crippen LogP contribution in [0.3, 0.4) is 0 Å². The maximum Gasteiger partial charge on any atom is 0.212 e. The van der Waals surface area contributed by atoms with Gasteiger partial charge < -0.3 is 5.73 Å². The molecular weight excluding hydrogens is 374 g/mol. The summed E-state index contributed by atoms with van der Waals surface area (Å²) in [4.78, 5) is 9.26. The van der Waals surface area contributed by atoms with Gasteiger partial charge in [0, 0.05) is 0 Å². The molecule has 0 radical (unpaired) electrons. The number of nitrogens with zero attached hydrogens (tertiary/aromatic N) is 5. The largest absolute Gasteiger partial charge is 0.370 e. The first kappa shape index (κ1) is 16.8. The number of aliphatic imine (C=N–C) groups is 1. The number of hydrogen-bond donors (Lipinski definition) is 2. The number of nitrogens with two attached hydrogens (primary N) is 1. The highest BCUT2D eigenvalue weighted by Gasteiger charge is 2.30. The van der Waals surface area contributed by atoms with Gasteiger partial charge in [-0.05, 0) is 24.6 Å². The van der Waals surface area contributed by atoms with Gasteiger partial charge in [-0.15, -0.1) is 0 Å². The average molecular weight is 392 g/mol. The lowest BCUT2D eigenvalue weighted by atomic mass is 10.2. The Kier molecular flexibility index (Phi) is 3.84. The molecule has 0 bridgehead atoms. The third kappa shape index (κ3) is 2.63. The van der Waals surface area contributed by atoms with Crippen LogP contribution in [0.5, 0.6) is 0 Å². The minimum absolute atomic E-state index is 0.305. The van der Waals surface area contributed by atoms with Gasteiger partial charge in [0.1, 0.15) is 5.15 Å². The highest BCUT2D eigenvalue weighted by molar-refractivity contribution is 6.30. The van der Waals surface area contributed by atoms with Crippen molar-refractivity contribution in [2.45, 2.75) is 19.6 Å². The molecule has 7 nitrogen and oxygen atoms in total. The molecule has 140 valence electrons. The Labute approximate surface area is 166 Å². The van der Waals surface area contributed by atoms with Crippen molar-refractivity contribution in [3.05, 3.63) is 76.6 Å². The maximum atomic E-state index is 6.78. The summed E-state index contributed by atoms with van der Waals surface area (Å²) in [5.74, 6) is 0.948. The van der Waals surface area contributed by atoms with Crippen LogP contribution in [0.2, 0.25) is 5.15 Å². The highest BCUT2D eigenvalue weighted by Crippen LogP contribution is 2.37. The first-order chi connectivity index (χ1) is 13.6. The van der Waals surface area contributed by atoms with Crippen molar-refractivity contribution < 1.29 is 0 Å². The Morgan fingerprint density at radius 1 is 1.11 bits per heavy atom. The van der Waals surface area contributed by atoms with Crippen molar-refractivity contribution in [1.29, 1.82) is 0 Å². The lowest BCUT2D eigenvalue weighted by molar-refractivity contribution is 0.621. The van der Waals surface area contributed by atoms with E-state index in [2.05, 4.69) is 32.5 Å². The third-order valence-electron chi connectivity index (χ3n) is 4.88. The number of halogens is 1. The van der Waals surface area contributed by atoms with Crippen LogP contribution >= 0.6 is 11.6 Å². The molecule has 0 fully saturated rings. The zero-order chi connectivity index (χ0) is 19.3. The summed E-state index contributed by atoms with van der Waals surface area (Å²) in [7, 11) is 0. The van der Waals surface area contributed by atoms with Crippen LogP contribution in [0.1, 0.15) is 23.0 Å². The minimum Gasteiger partial charge on any atom is -0.370 e. The van der Waals surface area contributed by atoms with E-state index in [9.17, 15) is 0 Å². The fourth-order valence-corrected chi connectivity index (χ4v) is 3.96. The van der Waals surface area contributed by atoms with Gasteiger partial charge in [-0.2, -0.15) is 5.10 Å². The van der Waals surface area contributed by atoms with Crippen LogP contribution in [0, 0.1) is 6.92 Å². The second-order valence-corrected chi connectivity index (χ2v) is 7.10. The van der Waals surface area contributed by atoms with Crippen LogP contribution in [-0.4, -0.2) is 25.3 Å². The Bertz CT molecular complexity index is 1210. The van der Waals surface area contributed by atoms with Crippen LogP contribution < -0.4 is 11.1 Å². The Hall–Kier alpha value is -3.32. The molecular formula is C20H18ClN7. The quantitative estimate of drug-likeness (QED) is 0.559. The molecule has 0 spiro atoms. The van der Waals surface area contributed by atoms with Gasteiger partial charge in [0.25, 0.3) is 0 Å². The van der Waals surface area contributed by atoms with E-state index < -0.39 is 6.17 Å². The van der Waals surface area contributed by atoms with Crippen LogP contribution in [0.25, 0.3) is 11.0 Å². The lowest BCUT2D eigenvalue weighted by Gasteiger charge is -2.23. The summed E-state index contributed by atoms with van der Waals surface area (Å²) in [5, 5.41) is 8.26. The highest BCUT2D eigenvalue weighted by atomic mass is 35.5. The number of imidazole rings is 1. The standard InChI is InChI=1S/C20H18ClN7/c1-12-16(17(21)27(26-12)11-13-7-3-2-4-8-13)18-24-19(22)25-20-23-14-9-5-6-10-15(14)28(18)20/h2-10,18H,11H2,1H3,(H3,22,23,24,25). The first-order valence-corrected chi connectivity index (χ1v) is 9.33. The van der Waals surface area contributed by atoms with Gasteiger partial charge in [-0.25, -0.2) is 14.7 Å². The number of nitrogens with one attached hydrogen (secondary N) is 1. The summed E-state index contributed by atoms with van der Waals surface area (Å²) in [6.07, 6.45) is -0.430. The smallest absolute Gasteiger partial charge is 0.212 e. The Morgan fingerprint density at radius 2 is 1.86 bits per heavy atom. The van der Waals surface area contributed by atoms with E-state index in [1.807, 2.05) is 54.0 Å². The predicted molar refractivity (Wildman–Crippen MR) is 111 cm³/mol. The molecule has 3 N–H and O–H groups in total. The van der Waals surface area contributed by atoms with E-state index in [0.29, 0.717) is 23.6 Å². The monoisotopic (exact) mass is 391 g/mol.